The van der Waals surface area contributed by atoms with Crippen molar-refractivity contribution < 1.29 is 4.79 Å². The summed E-state index contributed by atoms with van der Waals surface area (Å²) >= 11 is 7.66. The number of nitrogens with zero attached hydrogens (tertiary/aromatic N) is 2. The Morgan fingerprint density at radius 1 is 1.32 bits per heavy atom. The molecule has 122 valence electrons. The van der Waals surface area contributed by atoms with Gasteiger partial charge in [0.05, 0.1) is 5.56 Å². The monoisotopic (exact) mass is 341 g/mol. The molecule has 1 aromatic carbocycles. The van der Waals surface area contributed by atoms with Crippen LogP contribution in [0.3, 0.4) is 0 Å². The molecule has 1 aromatic rings. The Hall–Kier alpha value is -0.750. The van der Waals surface area contributed by atoms with Crippen molar-refractivity contribution in [3.05, 3.63) is 28.8 Å². The Balaban J connectivity index is 1.84. The molecule has 1 aliphatic rings. The van der Waals surface area contributed by atoms with Crippen LogP contribution in [0, 0.1) is 0 Å². The zero-order valence-corrected chi connectivity index (χ0v) is 14.8. The van der Waals surface area contributed by atoms with Crippen LogP contribution in [0.5, 0.6) is 0 Å². The van der Waals surface area contributed by atoms with E-state index in [2.05, 4.69) is 29.1 Å². The normalized spacial score (nSPS) is 16.7. The lowest BCUT2D eigenvalue weighted by Crippen LogP contribution is -2.46. The number of piperazine rings is 1. The maximum absolute atomic E-state index is 12.4. The maximum atomic E-state index is 12.4. The van der Waals surface area contributed by atoms with E-state index in [4.69, 9.17) is 11.6 Å². The second kappa shape index (κ2) is 8.77. The standard InChI is InChI=1S/C16H24ClN3OS/c1-3-22-15-12-13(17)4-5-14(15)16(21)18-6-7-20-10-8-19(2)9-11-20/h4-5,12H,3,6-11H2,1-2H3,(H,18,21). The van der Waals surface area contributed by atoms with Crippen molar-refractivity contribution in [3.63, 3.8) is 0 Å². The van der Waals surface area contributed by atoms with Gasteiger partial charge in [0.2, 0.25) is 0 Å². The number of hydrogen-bond donors (Lipinski definition) is 1. The number of rotatable bonds is 6. The zero-order chi connectivity index (χ0) is 15.9. The molecule has 1 N–H and O–H groups in total. The van der Waals surface area contributed by atoms with Gasteiger partial charge in [0, 0.05) is 49.2 Å². The van der Waals surface area contributed by atoms with Gasteiger partial charge in [-0.15, -0.1) is 11.8 Å². The number of hydrogen-bond acceptors (Lipinski definition) is 4. The molecule has 0 spiro atoms. The molecule has 0 saturated carbocycles. The number of carbonyl (C=O) groups excluding carboxylic acids is 1. The summed E-state index contributed by atoms with van der Waals surface area (Å²) in [5.74, 6) is 0.906. The molecule has 22 heavy (non-hydrogen) atoms. The van der Waals surface area contributed by atoms with Gasteiger partial charge in [-0.3, -0.25) is 9.69 Å². The fourth-order valence-corrected chi connectivity index (χ4v) is 3.53. The zero-order valence-electron chi connectivity index (χ0n) is 13.3. The van der Waals surface area contributed by atoms with Gasteiger partial charge >= 0.3 is 0 Å². The molecule has 1 amide bonds. The third-order valence-electron chi connectivity index (χ3n) is 3.80. The van der Waals surface area contributed by atoms with E-state index in [-0.39, 0.29) is 5.91 Å². The third kappa shape index (κ3) is 5.16. The summed E-state index contributed by atoms with van der Waals surface area (Å²) in [6, 6.07) is 5.45. The van der Waals surface area contributed by atoms with Crippen LogP contribution in [0.25, 0.3) is 0 Å². The highest BCUT2D eigenvalue weighted by atomic mass is 35.5. The highest BCUT2D eigenvalue weighted by molar-refractivity contribution is 7.99. The number of thioether (sulfide) groups is 1. The van der Waals surface area contributed by atoms with Crippen LogP contribution in [-0.2, 0) is 0 Å². The van der Waals surface area contributed by atoms with Crippen LogP contribution in [-0.4, -0.2) is 67.8 Å². The minimum Gasteiger partial charge on any atom is -0.351 e. The molecular formula is C16H24ClN3OS. The Labute approximate surface area is 142 Å². The van der Waals surface area contributed by atoms with Gasteiger partial charge in [-0.2, -0.15) is 0 Å². The van der Waals surface area contributed by atoms with E-state index < -0.39 is 0 Å². The van der Waals surface area contributed by atoms with Gasteiger partial charge in [-0.1, -0.05) is 18.5 Å². The Bertz CT molecular complexity index is 504. The minimum absolute atomic E-state index is 0.0123. The largest absolute Gasteiger partial charge is 0.351 e. The fraction of sp³-hybridized carbons (Fsp3) is 0.562. The van der Waals surface area contributed by atoms with Crippen molar-refractivity contribution >= 4 is 29.3 Å². The van der Waals surface area contributed by atoms with Gasteiger partial charge in [0.15, 0.2) is 0 Å². The minimum atomic E-state index is -0.0123. The number of benzene rings is 1. The van der Waals surface area contributed by atoms with Gasteiger partial charge in [-0.05, 0) is 31.0 Å². The van der Waals surface area contributed by atoms with Crippen molar-refractivity contribution in [3.8, 4) is 0 Å². The molecule has 1 heterocycles. The summed E-state index contributed by atoms with van der Waals surface area (Å²) in [7, 11) is 2.15. The summed E-state index contributed by atoms with van der Waals surface area (Å²) in [6.45, 7) is 8.00. The first-order valence-corrected chi connectivity index (χ1v) is 9.08. The molecule has 0 aromatic heterocycles. The van der Waals surface area contributed by atoms with Crippen molar-refractivity contribution in [2.75, 3.05) is 52.1 Å². The lowest BCUT2D eigenvalue weighted by atomic mass is 10.2. The van der Waals surface area contributed by atoms with E-state index in [9.17, 15) is 4.79 Å². The average molecular weight is 342 g/mol. The maximum Gasteiger partial charge on any atom is 0.252 e. The molecule has 0 bridgehead atoms. The van der Waals surface area contributed by atoms with Crippen molar-refractivity contribution in [1.82, 2.24) is 15.1 Å². The van der Waals surface area contributed by atoms with E-state index in [1.54, 1.807) is 17.8 Å². The first kappa shape index (κ1) is 17.6. The molecule has 6 heteroatoms. The second-order valence-electron chi connectivity index (χ2n) is 5.47. The van der Waals surface area contributed by atoms with E-state index in [1.807, 2.05) is 12.1 Å². The van der Waals surface area contributed by atoms with Crippen LogP contribution in [0.2, 0.25) is 5.02 Å². The molecule has 1 saturated heterocycles. The number of carbonyl (C=O) groups is 1. The van der Waals surface area contributed by atoms with Crippen LogP contribution in [0.15, 0.2) is 23.1 Å². The van der Waals surface area contributed by atoms with E-state index in [0.717, 1.165) is 48.9 Å². The van der Waals surface area contributed by atoms with Crippen molar-refractivity contribution in [2.45, 2.75) is 11.8 Å². The Morgan fingerprint density at radius 3 is 2.73 bits per heavy atom. The second-order valence-corrected chi connectivity index (χ2v) is 7.22. The van der Waals surface area contributed by atoms with E-state index >= 15 is 0 Å². The number of halogens is 1. The molecule has 1 aliphatic heterocycles. The Kier molecular flexibility index (Phi) is 7.02. The average Bonchev–Trinajstić information content (AvgIpc) is 2.49. The molecule has 0 aliphatic carbocycles. The quantitative estimate of drug-likeness (QED) is 0.806. The highest BCUT2D eigenvalue weighted by Crippen LogP contribution is 2.26. The first-order valence-electron chi connectivity index (χ1n) is 7.71. The molecule has 0 radical (unpaired) electrons. The SMILES string of the molecule is CCSc1cc(Cl)ccc1C(=O)NCCN1CCN(C)CC1. The van der Waals surface area contributed by atoms with E-state index in [0.29, 0.717) is 11.6 Å². The molecule has 1 fully saturated rings. The molecule has 0 unspecified atom stereocenters. The molecular weight excluding hydrogens is 318 g/mol. The van der Waals surface area contributed by atoms with Crippen molar-refractivity contribution in [2.24, 2.45) is 0 Å². The van der Waals surface area contributed by atoms with Crippen LogP contribution in [0.4, 0.5) is 0 Å². The lowest BCUT2D eigenvalue weighted by molar-refractivity contribution is 0.0938. The Morgan fingerprint density at radius 2 is 2.05 bits per heavy atom. The van der Waals surface area contributed by atoms with Crippen LogP contribution in [0.1, 0.15) is 17.3 Å². The summed E-state index contributed by atoms with van der Waals surface area (Å²) in [4.78, 5) is 18.0. The van der Waals surface area contributed by atoms with Gasteiger partial charge in [0.25, 0.3) is 5.91 Å². The third-order valence-corrected chi connectivity index (χ3v) is 4.97. The molecule has 0 atom stereocenters. The summed E-state index contributed by atoms with van der Waals surface area (Å²) in [5, 5.41) is 3.70. The number of likely N-dealkylation sites (N-methyl/N-ethyl adjacent to an activating group) is 1. The van der Waals surface area contributed by atoms with E-state index in [1.165, 1.54) is 0 Å². The predicted molar refractivity (Wildman–Crippen MR) is 94.1 cm³/mol. The fourth-order valence-electron chi connectivity index (χ4n) is 2.45. The highest BCUT2D eigenvalue weighted by Gasteiger charge is 2.15. The van der Waals surface area contributed by atoms with Crippen molar-refractivity contribution in [1.29, 1.82) is 0 Å². The van der Waals surface area contributed by atoms with Gasteiger partial charge in [0.1, 0.15) is 0 Å². The smallest absolute Gasteiger partial charge is 0.252 e. The summed E-state index contributed by atoms with van der Waals surface area (Å²) in [6.07, 6.45) is 0. The van der Waals surface area contributed by atoms with Gasteiger partial charge < -0.3 is 10.2 Å². The first-order chi connectivity index (χ1) is 10.6. The number of nitrogens with one attached hydrogen (secondary N) is 1. The predicted octanol–water partition coefficient (Wildman–Crippen LogP) is 2.43. The summed E-state index contributed by atoms with van der Waals surface area (Å²) < 4.78 is 0. The lowest BCUT2D eigenvalue weighted by Gasteiger charge is -2.32. The van der Waals surface area contributed by atoms with Crippen LogP contribution >= 0.6 is 23.4 Å². The topological polar surface area (TPSA) is 35.6 Å². The molecule has 2 rings (SSSR count). The van der Waals surface area contributed by atoms with Crippen LogP contribution < -0.4 is 5.32 Å². The molecule has 4 nitrogen and oxygen atoms in total. The summed E-state index contributed by atoms with van der Waals surface area (Å²) in [5.41, 5.74) is 0.717. The number of amides is 1. The van der Waals surface area contributed by atoms with Gasteiger partial charge in [-0.25, -0.2) is 0 Å².